The molecule has 0 aliphatic carbocycles. The van der Waals surface area contributed by atoms with E-state index in [2.05, 4.69) is 12.0 Å². The number of aryl methyl sites for hydroxylation is 1. The van der Waals surface area contributed by atoms with Gasteiger partial charge in [0.2, 0.25) is 0 Å². The first-order valence-electron chi connectivity index (χ1n) is 6.10. The van der Waals surface area contributed by atoms with Crippen molar-refractivity contribution in [3.63, 3.8) is 0 Å². The quantitative estimate of drug-likeness (QED) is 0.922. The summed E-state index contributed by atoms with van der Waals surface area (Å²) in [6.45, 7) is 5.47. The molecule has 1 heterocycles. The van der Waals surface area contributed by atoms with Gasteiger partial charge in [0.05, 0.1) is 12.2 Å². The Morgan fingerprint density at radius 2 is 2.00 bits per heavy atom. The third-order valence-electron chi connectivity index (χ3n) is 3.20. The number of hydrogen-bond donors (Lipinski definition) is 1. The Hall–Kier alpha value is -1.32. The molecule has 0 radical (unpaired) electrons. The summed E-state index contributed by atoms with van der Waals surface area (Å²) in [5, 5.41) is 5.35. The predicted molar refractivity (Wildman–Crippen MR) is 75.0 cm³/mol. The fraction of sp³-hybridized carbons (Fsp3) is 0.357. The lowest BCUT2D eigenvalue weighted by atomic mass is 10.1. The first-order chi connectivity index (χ1) is 8.63. The SMILES string of the molecule is Cc1nn(Cc2ccccc2Cl)c(C)c1CCN. The molecule has 0 saturated carbocycles. The Bertz CT molecular complexity index is 546. The van der Waals surface area contributed by atoms with E-state index in [-0.39, 0.29) is 0 Å². The van der Waals surface area contributed by atoms with Crippen molar-refractivity contribution >= 4 is 11.6 Å². The minimum atomic E-state index is 0.652. The van der Waals surface area contributed by atoms with Crippen LogP contribution in [0.2, 0.25) is 5.02 Å². The van der Waals surface area contributed by atoms with E-state index in [9.17, 15) is 0 Å². The van der Waals surface area contributed by atoms with Gasteiger partial charge in [-0.1, -0.05) is 29.8 Å². The molecule has 1 aromatic carbocycles. The van der Waals surface area contributed by atoms with E-state index in [1.807, 2.05) is 35.9 Å². The highest BCUT2D eigenvalue weighted by molar-refractivity contribution is 6.31. The lowest BCUT2D eigenvalue weighted by molar-refractivity contribution is 0.658. The van der Waals surface area contributed by atoms with Crippen LogP contribution in [0.5, 0.6) is 0 Å². The van der Waals surface area contributed by atoms with Crippen molar-refractivity contribution in [3.05, 3.63) is 51.8 Å². The molecule has 1 aromatic heterocycles. The lowest BCUT2D eigenvalue weighted by Gasteiger charge is -2.07. The van der Waals surface area contributed by atoms with Gasteiger partial charge in [-0.2, -0.15) is 5.10 Å². The second kappa shape index (κ2) is 5.55. The molecule has 2 rings (SSSR count). The molecule has 0 aliphatic heterocycles. The molecule has 0 amide bonds. The number of benzene rings is 1. The Balaban J connectivity index is 2.30. The van der Waals surface area contributed by atoms with Gasteiger partial charge in [-0.15, -0.1) is 0 Å². The summed E-state index contributed by atoms with van der Waals surface area (Å²) in [5.41, 5.74) is 10.2. The van der Waals surface area contributed by atoms with E-state index < -0.39 is 0 Å². The van der Waals surface area contributed by atoms with Crippen LogP contribution in [0.4, 0.5) is 0 Å². The van der Waals surface area contributed by atoms with Crippen molar-refractivity contribution < 1.29 is 0 Å². The maximum absolute atomic E-state index is 6.17. The maximum atomic E-state index is 6.17. The van der Waals surface area contributed by atoms with Gasteiger partial charge in [-0.3, -0.25) is 4.68 Å². The number of nitrogens with two attached hydrogens (primary N) is 1. The van der Waals surface area contributed by atoms with Crippen molar-refractivity contribution in [1.29, 1.82) is 0 Å². The Morgan fingerprint density at radius 1 is 1.28 bits per heavy atom. The Labute approximate surface area is 113 Å². The second-order valence-corrected chi connectivity index (χ2v) is 4.84. The average molecular weight is 264 g/mol. The monoisotopic (exact) mass is 263 g/mol. The van der Waals surface area contributed by atoms with Gasteiger partial charge in [0.25, 0.3) is 0 Å². The third kappa shape index (κ3) is 2.57. The van der Waals surface area contributed by atoms with Crippen LogP contribution in [-0.4, -0.2) is 16.3 Å². The Morgan fingerprint density at radius 3 is 2.67 bits per heavy atom. The highest BCUT2D eigenvalue weighted by Crippen LogP contribution is 2.19. The van der Waals surface area contributed by atoms with E-state index in [0.717, 1.165) is 22.7 Å². The van der Waals surface area contributed by atoms with Gasteiger partial charge >= 0.3 is 0 Å². The summed E-state index contributed by atoms with van der Waals surface area (Å²) in [5.74, 6) is 0. The van der Waals surface area contributed by atoms with Gasteiger partial charge in [0.1, 0.15) is 0 Å². The minimum Gasteiger partial charge on any atom is -0.330 e. The third-order valence-corrected chi connectivity index (χ3v) is 3.57. The van der Waals surface area contributed by atoms with Crippen LogP contribution < -0.4 is 5.73 Å². The van der Waals surface area contributed by atoms with Crippen LogP contribution in [0.15, 0.2) is 24.3 Å². The molecule has 0 atom stereocenters. The smallest absolute Gasteiger partial charge is 0.0677 e. The van der Waals surface area contributed by atoms with Crippen LogP contribution in [0.1, 0.15) is 22.5 Å². The summed E-state index contributed by atoms with van der Waals surface area (Å²) in [7, 11) is 0. The first kappa shape index (κ1) is 13.1. The standard InChI is InChI=1S/C14H18ClN3/c1-10-13(7-8-16)11(2)18(17-10)9-12-5-3-4-6-14(12)15/h3-6H,7-9,16H2,1-2H3. The van der Waals surface area contributed by atoms with Crippen LogP contribution >= 0.6 is 11.6 Å². The molecule has 18 heavy (non-hydrogen) atoms. The number of nitrogens with zero attached hydrogens (tertiary/aromatic N) is 2. The molecule has 4 heteroatoms. The zero-order chi connectivity index (χ0) is 13.1. The molecule has 2 aromatic rings. The molecule has 96 valence electrons. The fourth-order valence-electron chi connectivity index (χ4n) is 2.18. The van der Waals surface area contributed by atoms with Crippen molar-refractivity contribution in [3.8, 4) is 0 Å². The number of halogens is 1. The summed E-state index contributed by atoms with van der Waals surface area (Å²) < 4.78 is 2.00. The molecule has 0 spiro atoms. The number of hydrogen-bond acceptors (Lipinski definition) is 2. The van der Waals surface area contributed by atoms with Crippen molar-refractivity contribution in [2.75, 3.05) is 6.54 Å². The molecule has 0 saturated heterocycles. The zero-order valence-corrected chi connectivity index (χ0v) is 11.5. The second-order valence-electron chi connectivity index (χ2n) is 4.44. The van der Waals surface area contributed by atoms with Gasteiger partial charge < -0.3 is 5.73 Å². The van der Waals surface area contributed by atoms with Gasteiger partial charge in [-0.05, 0) is 44.0 Å². The summed E-state index contributed by atoms with van der Waals surface area (Å²) in [6, 6.07) is 7.87. The van der Waals surface area contributed by atoms with Crippen LogP contribution in [-0.2, 0) is 13.0 Å². The highest BCUT2D eigenvalue weighted by Gasteiger charge is 2.11. The Kier molecular flexibility index (Phi) is 4.04. The van der Waals surface area contributed by atoms with Crippen LogP contribution in [0.25, 0.3) is 0 Å². The molecule has 2 N–H and O–H groups in total. The molecular weight excluding hydrogens is 246 g/mol. The normalized spacial score (nSPS) is 10.9. The van der Waals surface area contributed by atoms with E-state index in [1.54, 1.807) is 0 Å². The maximum Gasteiger partial charge on any atom is 0.0677 e. The molecular formula is C14H18ClN3. The molecule has 3 nitrogen and oxygen atoms in total. The van der Waals surface area contributed by atoms with Crippen molar-refractivity contribution in [2.45, 2.75) is 26.8 Å². The number of rotatable bonds is 4. The van der Waals surface area contributed by atoms with Crippen LogP contribution in [0, 0.1) is 13.8 Å². The topological polar surface area (TPSA) is 43.8 Å². The van der Waals surface area contributed by atoms with Gasteiger partial charge in [0, 0.05) is 10.7 Å². The van der Waals surface area contributed by atoms with E-state index >= 15 is 0 Å². The summed E-state index contributed by atoms with van der Waals surface area (Å²) in [6.07, 6.45) is 0.875. The van der Waals surface area contributed by atoms with E-state index in [4.69, 9.17) is 17.3 Å². The molecule has 0 bridgehead atoms. The van der Waals surface area contributed by atoms with Gasteiger partial charge in [0.15, 0.2) is 0 Å². The molecule has 0 unspecified atom stereocenters. The average Bonchev–Trinajstić information content (AvgIpc) is 2.60. The number of aromatic nitrogens is 2. The molecule has 0 fully saturated rings. The first-order valence-corrected chi connectivity index (χ1v) is 6.47. The van der Waals surface area contributed by atoms with Crippen LogP contribution in [0.3, 0.4) is 0 Å². The zero-order valence-electron chi connectivity index (χ0n) is 10.8. The predicted octanol–water partition coefficient (Wildman–Crippen LogP) is 2.70. The minimum absolute atomic E-state index is 0.652. The largest absolute Gasteiger partial charge is 0.330 e. The van der Waals surface area contributed by atoms with Crippen molar-refractivity contribution in [1.82, 2.24) is 9.78 Å². The van der Waals surface area contributed by atoms with E-state index in [1.165, 1.54) is 11.3 Å². The van der Waals surface area contributed by atoms with E-state index in [0.29, 0.717) is 13.1 Å². The fourth-order valence-corrected chi connectivity index (χ4v) is 2.38. The van der Waals surface area contributed by atoms with Crippen molar-refractivity contribution in [2.24, 2.45) is 5.73 Å². The summed E-state index contributed by atoms with van der Waals surface area (Å²) >= 11 is 6.17. The summed E-state index contributed by atoms with van der Waals surface area (Å²) in [4.78, 5) is 0. The highest BCUT2D eigenvalue weighted by atomic mass is 35.5. The van der Waals surface area contributed by atoms with Gasteiger partial charge in [-0.25, -0.2) is 0 Å². The lowest BCUT2D eigenvalue weighted by Crippen LogP contribution is -2.07. The molecule has 0 aliphatic rings.